The predicted octanol–water partition coefficient (Wildman–Crippen LogP) is 2.49. The minimum Gasteiger partial charge on any atom is -0.328 e. The summed E-state index contributed by atoms with van der Waals surface area (Å²) >= 11 is 12.0. The van der Waals surface area contributed by atoms with E-state index in [0.717, 1.165) is 0 Å². The molecule has 0 saturated carbocycles. The second-order valence-electron chi connectivity index (χ2n) is 4.80. The van der Waals surface area contributed by atoms with Crippen molar-refractivity contribution in [1.29, 1.82) is 0 Å². The van der Waals surface area contributed by atoms with Crippen LogP contribution in [-0.4, -0.2) is 31.4 Å². The topological polar surface area (TPSA) is 63.4 Å². The maximum atomic E-state index is 12.7. The van der Waals surface area contributed by atoms with Gasteiger partial charge in [0.25, 0.3) is 0 Å². The number of hydrogen-bond acceptors (Lipinski definition) is 3. The van der Waals surface area contributed by atoms with Gasteiger partial charge in [-0.25, -0.2) is 8.42 Å². The Morgan fingerprint density at radius 1 is 1.32 bits per heavy atom. The minimum atomic E-state index is -3.68. The van der Waals surface area contributed by atoms with E-state index in [0.29, 0.717) is 19.4 Å². The minimum absolute atomic E-state index is 0.0133. The standard InChI is InChI=1S/C12H16Cl2N2O2S/c1-8-7-9(15)5-6-16(8)19(17,18)12-10(13)3-2-4-11(12)14/h2-4,8-9H,5-7,15H2,1H3/t8-,9-/m1/s1. The average molecular weight is 323 g/mol. The largest absolute Gasteiger partial charge is 0.328 e. The van der Waals surface area contributed by atoms with Crippen molar-refractivity contribution in [1.82, 2.24) is 4.31 Å². The van der Waals surface area contributed by atoms with E-state index in [-0.39, 0.29) is 27.0 Å². The molecule has 1 saturated heterocycles. The number of hydrogen-bond donors (Lipinski definition) is 1. The molecule has 0 bridgehead atoms. The van der Waals surface area contributed by atoms with Gasteiger partial charge in [-0.3, -0.25) is 0 Å². The lowest BCUT2D eigenvalue weighted by Gasteiger charge is -2.35. The van der Waals surface area contributed by atoms with Crippen molar-refractivity contribution >= 4 is 33.2 Å². The van der Waals surface area contributed by atoms with Crippen LogP contribution in [0, 0.1) is 0 Å². The van der Waals surface area contributed by atoms with Crippen LogP contribution < -0.4 is 5.73 Å². The Hall–Kier alpha value is -0.330. The van der Waals surface area contributed by atoms with Gasteiger partial charge in [-0.2, -0.15) is 4.31 Å². The van der Waals surface area contributed by atoms with Crippen LogP contribution >= 0.6 is 23.2 Å². The number of nitrogens with two attached hydrogens (primary N) is 1. The van der Waals surface area contributed by atoms with E-state index in [1.807, 2.05) is 6.92 Å². The first-order valence-corrected chi connectivity index (χ1v) is 8.25. The van der Waals surface area contributed by atoms with E-state index < -0.39 is 10.0 Å². The summed E-state index contributed by atoms with van der Waals surface area (Å²) in [6.45, 7) is 2.24. The van der Waals surface area contributed by atoms with Crippen LogP contribution in [0.25, 0.3) is 0 Å². The summed E-state index contributed by atoms with van der Waals surface area (Å²) in [5.74, 6) is 0. The van der Waals surface area contributed by atoms with Crippen LogP contribution in [0.2, 0.25) is 10.0 Å². The zero-order chi connectivity index (χ0) is 14.2. The Bertz CT molecular complexity index is 557. The molecular weight excluding hydrogens is 307 g/mol. The molecule has 4 nitrogen and oxygen atoms in total. The van der Waals surface area contributed by atoms with E-state index in [2.05, 4.69) is 0 Å². The van der Waals surface area contributed by atoms with E-state index in [1.165, 1.54) is 16.4 Å². The summed E-state index contributed by atoms with van der Waals surface area (Å²) in [6, 6.07) is 4.57. The monoisotopic (exact) mass is 322 g/mol. The highest BCUT2D eigenvalue weighted by Crippen LogP contribution is 2.34. The molecule has 2 N–H and O–H groups in total. The number of sulfonamides is 1. The van der Waals surface area contributed by atoms with Gasteiger partial charge in [-0.15, -0.1) is 0 Å². The van der Waals surface area contributed by atoms with Crippen molar-refractivity contribution in [3.8, 4) is 0 Å². The van der Waals surface area contributed by atoms with Crippen molar-refractivity contribution in [3.05, 3.63) is 28.2 Å². The highest BCUT2D eigenvalue weighted by Gasteiger charge is 2.35. The molecule has 0 spiro atoms. The third kappa shape index (κ3) is 2.90. The van der Waals surface area contributed by atoms with E-state index in [9.17, 15) is 8.42 Å². The third-order valence-electron chi connectivity index (χ3n) is 3.34. The highest BCUT2D eigenvalue weighted by molar-refractivity contribution is 7.89. The Balaban J connectivity index is 2.43. The summed E-state index contributed by atoms with van der Waals surface area (Å²) in [4.78, 5) is -0.0133. The Morgan fingerprint density at radius 2 is 1.89 bits per heavy atom. The van der Waals surface area contributed by atoms with Crippen molar-refractivity contribution in [2.24, 2.45) is 5.73 Å². The molecular formula is C12H16Cl2N2O2S. The maximum absolute atomic E-state index is 12.7. The molecule has 19 heavy (non-hydrogen) atoms. The smallest absolute Gasteiger partial charge is 0.246 e. The van der Waals surface area contributed by atoms with Gasteiger partial charge in [-0.05, 0) is 31.9 Å². The first kappa shape index (κ1) is 15.1. The fraction of sp³-hybridized carbons (Fsp3) is 0.500. The lowest BCUT2D eigenvalue weighted by atomic mass is 10.0. The van der Waals surface area contributed by atoms with Gasteiger partial charge in [0.15, 0.2) is 0 Å². The molecule has 7 heteroatoms. The van der Waals surface area contributed by atoms with E-state index in [1.54, 1.807) is 6.07 Å². The summed E-state index contributed by atoms with van der Waals surface area (Å²) < 4.78 is 26.8. The lowest BCUT2D eigenvalue weighted by molar-refractivity contribution is 0.247. The molecule has 1 aromatic rings. The van der Waals surface area contributed by atoms with Crippen LogP contribution in [-0.2, 0) is 10.0 Å². The quantitative estimate of drug-likeness (QED) is 0.909. The normalized spacial score (nSPS) is 25.5. The fourth-order valence-electron chi connectivity index (χ4n) is 2.39. The zero-order valence-corrected chi connectivity index (χ0v) is 12.8. The van der Waals surface area contributed by atoms with Crippen molar-refractivity contribution < 1.29 is 8.42 Å². The average Bonchev–Trinajstić information content (AvgIpc) is 2.27. The number of piperidine rings is 1. The molecule has 2 atom stereocenters. The molecule has 1 heterocycles. The second kappa shape index (κ2) is 5.58. The van der Waals surface area contributed by atoms with E-state index >= 15 is 0 Å². The van der Waals surface area contributed by atoms with Crippen LogP contribution in [0.3, 0.4) is 0 Å². The van der Waals surface area contributed by atoms with Crippen molar-refractivity contribution in [2.45, 2.75) is 36.7 Å². The first-order valence-electron chi connectivity index (χ1n) is 6.05. The molecule has 0 radical (unpaired) electrons. The maximum Gasteiger partial charge on any atom is 0.246 e. The van der Waals surface area contributed by atoms with Crippen LogP contribution in [0.5, 0.6) is 0 Å². The lowest BCUT2D eigenvalue weighted by Crippen LogP contribution is -2.48. The van der Waals surface area contributed by atoms with Gasteiger partial charge in [0.1, 0.15) is 4.90 Å². The number of benzene rings is 1. The molecule has 106 valence electrons. The Morgan fingerprint density at radius 3 is 2.42 bits per heavy atom. The van der Waals surface area contributed by atoms with Crippen LogP contribution in [0.4, 0.5) is 0 Å². The summed E-state index contributed by atoms with van der Waals surface area (Å²) in [5, 5.41) is 0.296. The van der Waals surface area contributed by atoms with Crippen molar-refractivity contribution in [2.75, 3.05) is 6.54 Å². The molecule has 1 aliphatic rings. The molecule has 1 fully saturated rings. The zero-order valence-electron chi connectivity index (χ0n) is 10.5. The van der Waals surface area contributed by atoms with Gasteiger partial charge in [0, 0.05) is 18.6 Å². The molecule has 0 aliphatic carbocycles. The summed E-state index contributed by atoms with van der Waals surface area (Å²) in [7, 11) is -3.68. The molecule has 0 unspecified atom stereocenters. The summed E-state index contributed by atoms with van der Waals surface area (Å²) in [5.41, 5.74) is 5.86. The number of halogens is 2. The molecule has 1 aromatic carbocycles. The number of rotatable bonds is 2. The SMILES string of the molecule is C[C@@H]1C[C@H](N)CCN1S(=O)(=O)c1c(Cl)cccc1Cl. The van der Waals surface area contributed by atoms with Gasteiger partial charge in [0.05, 0.1) is 10.0 Å². The Labute approximate surface area is 123 Å². The predicted molar refractivity (Wildman–Crippen MR) is 77.0 cm³/mol. The highest BCUT2D eigenvalue weighted by atomic mass is 35.5. The van der Waals surface area contributed by atoms with Gasteiger partial charge >= 0.3 is 0 Å². The van der Waals surface area contributed by atoms with E-state index in [4.69, 9.17) is 28.9 Å². The Kier molecular flexibility index (Phi) is 4.42. The first-order chi connectivity index (χ1) is 8.84. The van der Waals surface area contributed by atoms with Crippen LogP contribution in [0.1, 0.15) is 19.8 Å². The molecule has 0 amide bonds. The number of nitrogens with zero attached hydrogens (tertiary/aromatic N) is 1. The molecule has 0 aromatic heterocycles. The molecule has 2 rings (SSSR count). The third-order valence-corrected chi connectivity index (χ3v) is 6.31. The van der Waals surface area contributed by atoms with Gasteiger partial charge in [0.2, 0.25) is 10.0 Å². The molecule has 1 aliphatic heterocycles. The summed E-state index contributed by atoms with van der Waals surface area (Å²) in [6.07, 6.45) is 1.28. The van der Waals surface area contributed by atoms with Gasteiger partial charge in [-0.1, -0.05) is 29.3 Å². The fourth-order valence-corrected chi connectivity index (χ4v) is 5.14. The van der Waals surface area contributed by atoms with Crippen LogP contribution in [0.15, 0.2) is 23.1 Å². The van der Waals surface area contributed by atoms with Gasteiger partial charge < -0.3 is 5.73 Å². The second-order valence-corrected chi connectivity index (χ2v) is 7.44. The van der Waals surface area contributed by atoms with Crippen molar-refractivity contribution in [3.63, 3.8) is 0 Å².